The largest absolute Gasteiger partial charge is 0.482 e. The van der Waals surface area contributed by atoms with Crippen molar-refractivity contribution in [1.82, 2.24) is 0 Å². The molecule has 1 amide bonds. The summed E-state index contributed by atoms with van der Waals surface area (Å²) < 4.78 is 5.21. The van der Waals surface area contributed by atoms with Gasteiger partial charge in [-0.2, -0.15) is 0 Å². The molecular formula is C16H16Cl2N2O2. The molecule has 0 fully saturated rings. The van der Waals surface area contributed by atoms with E-state index >= 15 is 0 Å². The van der Waals surface area contributed by atoms with Gasteiger partial charge in [0.05, 0.1) is 5.02 Å². The van der Waals surface area contributed by atoms with Gasteiger partial charge in [0.25, 0.3) is 5.91 Å². The Kier molecular flexibility index (Phi) is 5.52. The fourth-order valence-electron chi connectivity index (χ4n) is 1.90. The van der Waals surface area contributed by atoms with E-state index in [-0.39, 0.29) is 6.61 Å². The maximum atomic E-state index is 10.7. The van der Waals surface area contributed by atoms with Gasteiger partial charge in [0.15, 0.2) is 6.61 Å². The van der Waals surface area contributed by atoms with Gasteiger partial charge in [-0.15, -0.1) is 0 Å². The number of aryl methyl sites for hydroxylation is 1. The minimum Gasteiger partial charge on any atom is -0.482 e. The van der Waals surface area contributed by atoms with E-state index in [2.05, 4.69) is 5.32 Å². The lowest BCUT2D eigenvalue weighted by molar-refractivity contribution is -0.119. The van der Waals surface area contributed by atoms with Crippen LogP contribution in [0.1, 0.15) is 11.1 Å². The summed E-state index contributed by atoms with van der Waals surface area (Å²) in [6.07, 6.45) is 0. The Morgan fingerprint density at radius 2 is 2.00 bits per heavy atom. The average Bonchev–Trinajstić information content (AvgIpc) is 2.47. The Balaban J connectivity index is 2.03. The first-order valence-corrected chi connectivity index (χ1v) is 7.41. The molecule has 0 heterocycles. The molecule has 0 aliphatic carbocycles. The predicted octanol–water partition coefficient (Wildman–Crippen LogP) is 3.78. The Bertz CT molecular complexity index is 690. The third-order valence-corrected chi connectivity index (χ3v) is 3.58. The van der Waals surface area contributed by atoms with Gasteiger partial charge in [0.2, 0.25) is 0 Å². The maximum Gasteiger partial charge on any atom is 0.255 e. The number of halogens is 2. The molecule has 0 saturated heterocycles. The van der Waals surface area contributed by atoms with Gasteiger partial charge in [-0.3, -0.25) is 4.79 Å². The number of carbonyl (C=O) groups excluding carboxylic acids is 1. The van der Waals surface area contributed by atoms with E-state index in [0.717, 1.165) is 16.8 Å². The van der Waals surface area contributed by atoms with Crippen LogP contribution in [0.25, 0.3) is 0 Å². The fourth-order valence-corrected chi connectivity index (χ4v) is 2.33. The molecule has 2 aromatic carbocycles. The molecule has 2 aromatic rings. The van der Waals surface area contributed by atoms with Crippen molar-refractivity contribution < 1.29 is 9.53 Å². The Hall–Kier alpha value is -1.91. The third kappa shape index (κ3) is 4.55. The molecule has 0 atom stereocenters. The van der Waals surface area contributed by atoms with Crippen molar-refractivity contribution in [3.8, 4) is 5.75 Å². The van der Waals surface area contributed by atoms with Crippen LogP contribution < -0.4 is 15.8 Å². The van der Waals surface area contributed by atoms with E-state index in [1.54, 1.807) is 12.1 Å². The second-order valence-corrected chi connectivity index (χ2v) is 5.68. The fraction of sp³-hybridized carbons (Fsp3) is 0.188. The first-order valence-electron chi connectivity index (χ1n) is 6.65. The molecule has 0 unspecified atom stereocenters. The Labute approximate surface area is 139 Å². The summed E-state index contributed by atoms with van der Waals surface area (Å²) in [4.78, 5) is 10.7. The molecule has 0 spiro atoms. The quantitative estimate of drug-likeness (QED) is 0.842. The number of nitrogens with one attached hydrogen (secondary N) is 1. The lowest BCUT2D eigenvalue weighted by Crippen LogP contribution is -2.20. The van der Waals surface area contributed by atoms with E-state index in [4.69, 9.17) is 33.7 Å². The molecule has 0 aromatic heterocycles. The van der Waals surface area contributed by atoms with Gasteiger partial charge in [-0.05, 0) is 42.3 Å². The number of ether oxygens (including phenoxy) is 1. The van der Waals surface area contributed by atoms with Crippen molar-refractivity contribution in [2.24, 2.45) is 5.73 Å². The van der Waals surface area contributed by atoms with Gasteiger partial charge in [-0.25, -0.2) is 0 Å². The summed E-state index contributed by atoms with van der Waals surface area (Å²) in [7, 11) is 0. The summed E-state index contributed by atoms with van der Waals surface area (Å²) in [5.74, 6) is -0.110. The standard InChI is InChI=1S/C16H16Cl2N2O2/c1-10-2-4-12(17)7-14(10)20-8-11-3-5-15(13(18)6-11)22-9-16(19)21/h2-7,20H,8-9H2,1H3,(H2,19,21). The van der Waals surface area contributed by atoms with Crippen LogP contribution in [-0.2, 0) is 11.3 Å². The second-order valence-electron chi connectivity index (χ2n) is 4.83. The van der Waals surface area contributed by atoms with Crippen molar-refractivity contribution in [1.29, 1.82) is 0 Å². The van der Waals surface area contributed by atoms with Crippen molar-refractivity contribution in [3.63, 3.8) is 0 Å². The molecule has 0 bridgehead atoms. The number of primary amides is 1. The van der Waals surface area contributed by atoms with Crippen LogP contribution in [0, 0.1) is 6.92 Å². The molecule has 2 rings (SSSR count). The molecule has 6 heteroatoms. The highest BCUT2D eigenvalue weighted by Gasteiger charge is 2.06. The number of anilines is 1. The van der Waals surface area contributed by atoms with Crippen LogP contribution in [-0.4, -0.2) is 12.5 Å². The number of rotatable bonds is 6. The first-order chi connectivity index (χ1) is 10.5. The highest BCUT2D eigenvalue weighted by atomic mass is 35.5. The van der Waals surface area contributed by atoms with Crippen molar-refractivity contribution in [2.45, 2.75) is 13.5 Å². The van der Waals surface area contributed by atoms with Crippen molar-refractivity contribution in [3.05, 3.63) is 57.6 Å². The van der Waals surface area contributed by atoms with Gasteiger partial charge in [-0.1, -0.05) is 35.3 Å². The lowest BCUT2D eigenvalue weighted by Gasteiger charge is -2.12. The van der Waals surface area contributed by atoms with E-state index in [1.807, 2.05) is 31.2 Å². The summed E-state index contributed by atoms with van der Waals surface area (Å²) in [5, 5.41) is 4.42. The lowest BCUT2D eigenvalue weighted by atomic mass is 10.1. The number of hydrogen-bond donors (Lipinski definition) is 2. The van der Waals surface area contributed by atoms with E-state index in [0.29, 0.717) is 22.3 Å². The molecule has 0 aliphatic rings. The van der Waals surface area contributed by atoms with Gasteiger partial charge in [0, 0.05) is 17.3 Å². The van der Waals surface area contributed by atoms with E-state index in [9.17, 15) is 4.79 Å². The molecule has 4 nitrogen and oxygen atoms in total. The Morgan fingerprint density at radius 3 is 2.68 bits per heavy atom. The minimum atomic E-state index is -0.543. The SMILES string of the molecule is Cc1ccc(Cl)cc1NCc1ccc(OCC(N)=O)c(Cl)c1. The normalized spacial score (nSPS) is 10.3. The average molecular weight is 339 g/mol. The number of benzene rings is 2. The van der Waals surface area contributed by atoms with E-state index < -0.39 is 5.91 Å². The summed E-state index contributed by atoms with van der Waals surface area (Å²) in [6, 6.07) is 11.1. The molecule has 0 saturated carbocycles. The maximum absolute atomic E-state index is 10.7. The van der Waals surface area contributed by atoms with Crippen LogP contribution in [0.15, 0.2) is 36.4 Å². The zero-order chi connectivity index (χ0) is 16.1. The van der Waals surface area contributed by atoms with Crippen molar-refractivity contribution >= 4 is 34.8 Å². The van der Waals surface area contributed by atoms with E-state index in [1.165, 1.54) is 0 Å². The smallest absolute Gasteiger partial charge is 0.255 e. The molecular weight excluding hydrogens is 323 g/mol. The first kappa shape index (κ1) is 16.5. The van der Waals surface area contributed by atoms with Gasteiger partial charge < -0.3 is 15.8 Å². The second kappa shape index (κ2) is 7.38. The molecule has 0 aliphatic heterocycles. The highest BCUT2D eigenvalue weighted by molar-refractivity contribution is 6.32. The van der Waals surface area contributed by atoms with Crippen LogP contribution in [0.5, 0.6) is 5.75 Å². The van der Waals surface area contributed by atoms with Crippen molar-refractivity contribution in [2.75, 3.05) is 11.9 Å². The molecule has 116 valence electrons. The van der Waals surface area contributed by atoms with Crippen LogP contribution in [0.4, 0.5) is 5.69 Å². The minimum absolute atomic E-state index is 0.195. The topological polar surface area (TPSA) is 64.3 Å². The number of amides is 1. The summed E-state index contributed by atoms with van der Waals surface area (Å²) >= 11 is 12.1. The molecule has 22 heavy (non-hydrogen) atoms. The zero-order valence-electron chi connectivity index (χ0n) is 12.0. The monoisotopic (exact) mass is 338 g/mol. The van der Waals surface area contributed by atoms with Gasteiger partial charge >= 0.3 is 0 Å². The highest BCUT2D eigenvalue weighted by Crippen LogP contribution is 2.26. The van der Waals surface area contributed by atoms with Gasteiger partial charge in [0.1, 0.15) is 5.75 Å². The third-order valence-electron chi connectivity index (χ3n) is 3.05. The summed E-state index contributed by atoms with van der Waals surface area (Å²) in [6.45, 7) is 2.41. The number of carbonyl (C=O) groups is 1. The number of nitrogens with two attached hydrogens (primary N) is 1. The Morgan fingerprint density at radius 1 is 1.23 bits per heavy atom. The number of hydrogen-bond acceptors (Lipinski definition) is 3. The van der Waals surface area contributed by atoms with Crippen LogP contribution in [0.3, 0.4) is 0 Å². The van der Waals surface area contributed by atoms with Crippen LogP contribution in [0.2, 0.25) is 10.0 Å². The predicted molar refractivity (Wildman–Crippen MR) is 89.7 cm³/mol. The molecule has 0 radical (unpaired) electrons. The van der Waals surface area contributed by atoms with Crippen LogP contribution >= 0.6 is 23.2 Å². The zero-order valence-corrected chi connectivity index (χ0v) is 13.5. The molecule has 3 N–H and O–H groups in total. The summed E-state index contributed by atoms with van der Waals surface area (Å²) in [5.41, 5.74) is 8.09.